The van der Waals surface area contributed by atoms with E-state index in [1.54, 1.807) is 0 Å². The summed E-state index contributed by atoms with van der Waals surface area (Å²) in [7, 11) is 0. The Morgan fingerprint density at radius 2 is 1.40 bits per heavy atom. The first-order chi connectivity index (χ1) is 6.95. The van der Waals surface area contributed by atoms with Crippen LogP contribution in [0.2, 0.25) is 0 Å². The van der Waals surface area contributed by atoms with Crippen molar-refractivity contribution in [3.05, 3.63) is 0 Å². The monoisotopic (exact) mass is 224 g/mol. The van der Waals surface area contributed by atoms with Gasteiger partial charge >= 0.3 is 0 Å². The molecule has 0 rings (SSSR count). The number of ketones is 1. The summed E-state index contributed by atoms with van der Waals surface area (Å²) in [6.45, 7) is -1.26. The summed E-state index contributed by atoms with van der Waals surface area (Å²) in [4.78, 5) is 11.1. The lowest BCUT2D eigenvalue weighted by molar-refractivity contribution is -0.149. The van der Waals surface area contributed by atoms with Crippen molar-refractivity contribution in [2.24, 2.45) is 0 Å². The van der Waals surface area contributed by atoms with Gasteiger partial charge in [0.15, 0.2) is 5.78 Å². The quantitative estimate of drug-likeness (QED) is 0.262. The third-order valence-electron chi connectivity index (χ3n) is 1.92. The molecule has 6 N–H and O–H groups in total. The van der Waals surface area contributed by atoms with Crippen LogP contribution in [0.5, 0.6) is 0 Å². The minimum absolute atomic E-state index is 0.227. The molecule has 0 aromatic rings. The Bertz CT molecular complexity index is 195. The smallest absolute Gasteiger partial charge is 0.195 e. The fraction of sp³-hybridized carbons (Fsp3) is 0.875. The fourth-order valence-electron chi connectivity index (χ4n) is 0.944. The van der Waals surface area contributed by atoms with Crippen LogP contribution in [0.15, 0.2) is 0 Å². The summed E-state index contributed by atoms with van der Waals surface area (Å²) in [5, 5.41) is 53.1. The highest BCUT2D eigenvalue weighted by atomic mass is 16.4. The Morgan fingerprint density at radius 3 is 1.80 bits per heavy atom. The Kier molecular flexibility index (Phi) is 6.57. The van der Waals surface area contributed by atoms with Gasteiger partial charge in [0.2, 0.25) is 0 Å². The van der Waals surface area contributed by atoms with Crippen molar-refractivity contribution in [1.29, 1.82) is 0 Å². The van der Waals surface area contributed by atoms with Crippen LogP contribution in [0.4, 0.5) is 0 Å². The molecule has 0 bridgehead atoms. The lowest BCUT2D eigenvalue weighted by Gasteiger charge is -2.21. The standard InChI is InChI=1S/C8H16O7/c9-2-1-4(11)6(13)8(15)7(14)5(12)3-10/h4-7,9-14H,1-3H2/t4?,5-,6+,7+/m1/s1. The average Bonchev–Trinajstić information content (AvgIpc) is 2.25. The summed E-state index contributed by atoms with van der Waals surface area (Å²) in [6.07, 6.45) is -7.29. The van der Waals surface area contributed by atoms with Gasteiger partial charge in [-0.1, -0.05) is 0 Å². The second-order valence-electron chi connectivity index (χ2n) is 3.12. The lowest BCUT2D eigenvalue weighted by Crippen LogP contribution is -2.46. The van der Waals surface area contributed by atoms with E-state index in [1.165, 1.54) is 0 Å². The zero-order valence-corrected chi connectivity index (χ0v) is 8.02. The van der Waals surface area contributed by atoms with Crippen LogP contribution in [-0.4, -0.2) is 74.1 Å². The Labute approximate surface area is 86.2 Å². The summed E-state index contributed by atoms with van der Waals surface area (Å²) in [6, 6.07) is 0. The summed E-state index contributed by atoms with van der Waals surface area (Å²) in [5.41, 5.74) is 0. The van der Waals surface area contributed by atoms with Crippen molar-refractivity contribution in [3.63, 3.8) is 0 Å². The molecule has 15 heavy (non-hydrogen) atoms. The number of rotatable bonds is 7. The van der Waals surface area contributed by atoms with E-state index >= 15 is 0 Å². The number of aliphatic hydroxyl groups excluding tert-OH is 6. The molecular weight excluding hydrogens is 208 g/mol. The molecule has 0 amide bonds. The minimum Gasteiger partial charge on any atom is -0.396 e. The highest BCUT2D eigenvalue weighted by molar-refractivity contribution is 5.88. The largest absolute Gasteiger partial charge is 0.396 e. The molecule has 0 aliphatic heterocycles. The normalized spacial score (nSPS) is 19.3. The van der Waals surface area contributed by atoms with Crippen molar-refractivity contribution in [2.45, 2.75) is 30.8 Å². The van der Waals surface area contributed by atoms with Crippen LogP contribution < -0.4 is 0 Å². The Hall–Kier alpha value is -0.570. The van der Waals surface area contributed by atoms with E-state index in [0.717, 1.165) is 0 Å². The maximum Gasteiger partial charge on any atom is 0.195 e. The molecule has 0 aliphatic rings. The van der Waals surface area contributed by atoms with Gasteiger partial charge in [-0.2, -0.15) is 0 Å². The average molecular weight is 224 g/mol. The molecule has 0 heterocycles. The van der Waals surface area contributed by atoms with Crippen LogP contribution in [0.25, 0.3) is 0 Å². The van der Waals surface area contributed by atoms with E-state index in [0.29, 0.717) is 0 Å². The van der Waals surface area contributed by atoms with Crippen molar-refractivity contribution in [3.8, 4) is 0 Å². The van der Waals surface area contributed by atoms with Gasteiger partial charge < -0.3 is 30.6 Å². The van der Waals surface area contributed by atoms with E-state index in [4.69, 9.17) is 30.6 Å². The number of hydrogen-bond acceptors (Lipinski definition) is 7. The predicted octanol–water partition coefficient (Wildman–Crippen LogP) is -3.63. The molecule has 90 valence electrons. The van der Waals surface area contributed by atoms with Gasteiger partial charge in [0.25, 0.3) is 0 Å². The SMILES string of the molecule is O=C([C@@H](O)C(O)CCO)[C@@H](O)[C@H](O)CO. The Balaban J connectivity index is 4.30. The number of aliphatic hydroxyl groups is 6. The van der Waals surface area contributed by atoms with Gasteiger partial charge in [-0.05, 0) is 6.42 Å². The fourth-order valence-corrected chi connectivity index (χ4v) is 0.944. The third-order valence-corrected chi connectivity index (χ3v) is 1.92. The molecule has 0 saturated heterocycles. The second kappa shape index (κ2) is 6.83. The molecule has 0 spiro atoms. The van der Waals surface area contributed by atoms with Crippen molar-refractivity contribution < 1.29 is 35.4 Å². The van der Waals surface area contributed by atoms with Crippen LogP contribution in [0, 0.1) is 0 Å². The summed E-state index contributed by atoms with van der Waals surface area (Å²) in [5.74, 6) is -1.20. The van der Waals surface area contributed by atoms with Gasteiger partial charge in [0.05, 0.1) is 12.7 Å². The first kappa shape index (κ1) is 14.4. The molecule has 7 heteroatoms. The maximum absolute atomic E-state index is 11.1. The van der Waals surface area contributed by atoms with E-state index in [2.05, 4.69) is 0 Å². The van der Waals surface area contributed by atoms with Crippen LogP contribution >= 0.6 is 0 Å². The van der Waals surface area contributed by atoms with Gasteiger partial charge in [0.1, 0.15) is 18.3 Å². The molecule has 0 aliphatic carbocycles. The number of Topliss-reactive ketones (excluding diaryl/α,β-unsaturated/α-hetero) is 1. The van der Waals surface area contributed by atoms with Gasteiger partial charge in [-0.3, -0.25) is 4.79 Å². The first-order valence-corrected chi connectivity index (χ1v) is 4.43. The molecular formula is C8H16O7. The van der Waals surface area contributed by atoms with Crippen LogP contribution in [0.3, 0.4) is 0 Å². The second-order valence-corrected chi connectivity index (χ2v) is 3.12. The van der Waals surface area contributed by atoms with Crippen molar-refractivity contribution in [2.75, 3.05) is 13.2 Å². The van der Waals surface area contributed by atoms with Crippen LogP contribution in [-0.2, 0) is 4.79 Å². The molecule has 1 unspecified atom stereocenters. The van der Waals surface area contributed by atoms with Crippen molar-refractivity contribution >= 4 is 5.78 Å². The highest BCUT2D eigenvalue weighted by Gasteiger charge is 2.32. The zero-order chi connectivity index (χ0) is 12.0. The zero-order valence-electron chi connectivity index (χ0n) is 8.02. The number of carbonyl (C=O) groups excluding carboxylic acids is 1. The minimum atomic E-state index is -1.96. The highest BCUT2D eigenvalue weighted by Crippen LogP contribution is 2.05. The molecule has 0 aromatic heterocycles. The van der Waals surface area contributed by atoms with E-state index in [9.17, 15) is 4.79 Å². The van der Waals surface area contributed by atoms with Gasteiger partial charge in [0, 0.05) is 6.61 Å². The van der Waals surface area contributed by atoms with Crippen molar-refractivity contribution in [1.82, 2.24) is 0 Å². The van der Waals surface area contributed by atoms with E-state index < -0.39 is 43.4 Å². The molecule has 7 nitrogen and oxygen atoms in total. The van der Waals surface area contributed by atoms with Gasteiger partial charge in [-0.15, -0.1) is 0 Å². The van der Waals surface area contributed by atoms with E-state index in [1.807, 2.05) is 0 Å². The first-order valence-electron chi connectivity index (χ1n) is 4.43. The molecule has 4 atom stereocenters. The summed E-state index contributed by atoms with van der Waals surface area (Å²) >= 11 is 0. The molecule has 0 radical (unpaired) electrons. The topological polar surface area (TPSA) is 138 Å². The molecule has 0 aromatic carbocycles. The lowest BCUT2D eigenvalue weighted by atomic mass is 10.00. The summed E-state index contributed by atoms with van der Waals surface area (Å²) < 4.78 is 0. The Morgan fingerprint density at radius 1 is 0.933 bits per heavy atom. The molecule has 0 fully saturated rings. The van der Waals surface area contributed by atoms with E-state index in [-0.39, 0.29) is 6.42 Å². The third kappa shape index (κ3) is 4.20. The van der Waals surface area contributed by atoms with Gasteiger partial charge in [-0.25, -0.2) is 0 Å². The van der Waals surface area contributed by atoms with Crippen LogP contribution in [0.1, 0.15) is 6.42 Å². The molecule has 0 saturated carbocycles. The maximum atomic E-state index is 11.1. The number of carbonyl (C=O) groups is 1. The number of hydrogen-bond donors (Lipinski definition) is 6. The predicted molar refractivity (Wildman–Crippen MR) is 47.8 cm³/mol.